The monoisotopic (exact) mass is 212 g/mol. The van der Waals surface area contributed by atoms with Crippen molar-refractivity contribution in [2.75, 3.05) is 13.1 Å². The summed E-state index contributed by atoms with van der Waals surface area (Å²) in [5.74, 6) is -0.224. The molecule has 2 rings (SSSR count). The van der Waals surface area contributed by atoms with E-state index in [2.05, 4.69) is 0 Å². The van der Waals surface area contributed by atoms with Crippen LogP contribution in [0.2, 0.25) is 0 Å². The maximum absolute atomic E-state index is 11.8. The van der Waals surface area contributed by atoms with Gasteiger partial charge >= 0.3 is 0 Å². The summed E-state index contributed by atoms with van der Waals surface area (Å²) < 4.78 is 5.30. The van der Waals surface area contributed by atoms with Crippen LogP contribution in [-0.2, 0) is 14.3 Å². The molecule has 0 aliphatic carbocycles. The molecule has 0 spiro atoms. The maximum Gasteiger partial charge on any atom is 0.258 e. The van der Waals surface area contributed by atoms with E-state index in [0.29, 0.717) is 25.9 Å². The van der Waals surface area contributed by atoms with E-state index >= 15 is 0 Å². The van der Waals surface area contributed by atoms with E-state index in [1.807, 2.05) is 6.92 Å². The largest absolute Gasteiger partial charge is 0.355 e. The predicted octanol–water partition coefficient (Wildman–Crippen LogP) is -0.502. The van der Waals surface area contributed by atoms with Crippen molar-refractivity contribution < 1.29 is 14.3 Å². The van der Waals surface area contributed by atoms with Gasteiger partial charge in [-0.2, -0.15) is 0 Å². The summed E-state index contributed by atoms with van der Waals surface area (Å²) in [4.78, 5) is 24.9. The van der Waals surface area contributed by atoms with E-state index in [9.17, 15) is 9.59 Å². The molecule has 15 heavy (non-hydrogen) atoms. The molecule has 2 bridgehead atoms. The Labute approximate surface area is 88.5 Å². The van der Waals surface area contributed by atoms with Crippen molar-refractivity contribution in [3.8, 4) is 0 Å². The summed E-state index contributed by atoms with van der Waals surface area (Å²) in [5, 5.41) is 0. The van der Waals surface area contributed by atoms with Gasteiger partial charge in [0, 0.05) is 6.54 Å². The van der Waals surface area contributed by atoms with Gasteiger partial charge < -0.3 is 10.5 Å². The van der Waals surface area contributed by atoms with Crippen LogP contribution >= 0.6 is 0 Å². The highest BCUT2D eigenvalue weighted by Gasteiger charge is 2.46. The Balaban J connectivity index is 2.10. The lowest BCUT2D eigenvalue weighted by atomic mass is 10.1. The zero-order chi connectivity index (χ0) is 11.0. The van der Waals surface area contributed by atoms with E-state index in [1.54, 1.807) is 0 Å². The fourth-order valence-electron chi connectivity index (χ4n) is 2.02. The number of carbonyl (C=O) groups excluding carboxylic acids is 2. The van der Waals surface area contributed by atoms with E-state index in [1.165, 1.54) is 4.90 Å². The molecule has 5 heteroatoms. The number of rotatable bonds is 3. The Morgan fingerprint density at radius 1 is 1.40 bits per heavy atom. The number of imide groups is 1. The first-order valence-corrected chi connectivity index (χ1v) is 5.34. The van der Waals surface area contributed by atoms with Crippen LogP contribution in [0.5, 0.6) is 0 Å². The second kappa shape index (κ2) is 3.90. The number of fused-ring (bicyclic) bond motifs is 2. The van der Waals surface area contributed by atoms with Gasteiger partial charge in [0.2, 0.25) is 0 Å². The van der Waals surface area contributed by atoms with Crippen LogP contribution in [0, 0.1) is 5.92 Å². The average molecular weight is 212 g/mol. The van der Waals surface area contributed by atoms with Gasteiger partial charge in [-0.05, 0) is 25.3 Å². The van der Waals surface area contributed by atoms with Gasteiger partial charge in [0.25, 0.3) is 11.8 Å². The zero-order valence-corrected chi connectivity index (χ0v) is 8.81. The highest BCUT2D eigenvalue weighted by atomic mass is 16.5. The summed E-state index contributed by atoms with van der Waals surface area (Å²) >= 11 is 0. The molecule has 2 heterocycles. The van der Waals surface area contributed by atoms with Crippen molar-refractivity contribution in [2.24, 2.45) is 11.7 Å². The van der Waals surface area contributed by atoms with Gasteiger partial charge in [0.1, 0.15) is 12.2 Å². The maximum atomic E-state index is 11.8. The Kier molecular flexibility index (Phi) is 2.75. The van der Waals surface area contributed by atoms with Crippen molar-refractivity contribution in [3.63, 3.8) is 0 Å². The van der Waals surface area contributed by atoms with Crippen LogP contribution in [0.1, 0.15) is 19.8 Å². The van der Waals surface area contributed by atoms with Gasteiger partial charge in [-0.1, -0.05) is 6.92 Å². The molecule has 0 saturated carbocycles. The van der Waals surface area contributed by atoms with Gasteiger partial charge in [0.15, 0.2) is 0 Å². The van der Waals surface area contributed by atoms with Crippen LogP contribution in [0.3, 0.4) is 0 Å². The zero-order valence-electron chi connectivity index (χ0n) is 8.81. The first-order chi connectivity index (χ1) is 7.13. The Morgan fingerprint density at radius 2 is 1.93 bits per heavy atom. The molecule has 2 saturated heterocycles. The number of amides is 2. The topological polar surface area (TPSA) is 72.6 Å². The van der Waals surface area contributed by atoms with Crippen LogP contribution in [-0.4, -0.2) is 42.0 Å². The second-order valence-corrected chi connectivity index (χ2v) is 4.32. The van der Waals surface area contributed by atoms with Crippen molar-refractivity contribution in [2.45, 2.75) is 32.0 Å². The minimum absolute atomic E-state index is 0.149. The molecule has 0 radical (unpaired) electrons. The van der Waals surface area contributed by atoms with Crippen molar-refractivity contribution in [3.05, 3.63) is 0 Å². The average Bonchev–Trinajstić information content (AvgIpc) is 2.68. The van der Waals surface area contributed by atoms with Gasteiger partial charge in [0.05, 0.1) is 0 Å². The smallest absolute Gasteiger partial charge is 0.258 e. The van der Waals surface area contributed by atoms with Gasteiger partial charge in [-0.15, -0.1) is 0 Å². The van der Waals surface area contributed by atoms with Crippen molar-refractivity contribution in [1.29, 1.82) is 0 Å². The predicted molar refractivity (Wildman–Crippen MR) is 52.8 cm³/mol. The SMILES string of the molecule is CC(CN)CN1C(=O)C2CCC(O2)C1=O. The first kappa shape index (κ1) is 10.6. The fraction of sp³-hybridized carbons (Fsp3) is 0.800. The molecule has 2 amide bonds. The summed E-state index contributed by atoms with van der Waals surface area (Å²) in [6.45, 7) is 2.83. The Hall–Kier alpha value is -0.940. The van der Waals surface area contributed by atoms with Crippen LogP contribution in [0.25, 0.3) is 0 Å². The van der Waals surface area contributed by atoms with Gasteiger partial charge in [-0.25, -0.2) is 0 Å². The summed E-state index contributed by atoms with van der Waals surface area (Å²) in [6.07, 6.45) is 0.557. The minimum atomic E-state index is -0.391. The second-order valence-electron chi connectivity index (χ2n) is 4.32. The standard InChI is InChI=1S/C10H16N2O3/c1-6(4-11)5-12-9(13)7-2-3-8(15-7)10(12)14/h6-8H,2-5,11H2,1H3. The van der Waals surface area contributed by atoms with Crippen LogP contribution < -0.4 is 5.73 Å². The number of carbonyl (C=O) groups is 2. The normalized spacial score (nSPS) is 32.3. The molecule has 2 aliphatic rings. The molecule has 84 valence electrons. The molecule has 3 unspecified atom stereocenters. The summed E-state index contributed by atoms with van der Waals surface area (Å²) in [7, 11) is 0. The number of nitrogens with two attached hydrogens (primary N) is 1. The van der Waals surface area contributed by atoms with Crippen LogP contribution in [0.4, 0.5) is 0 Å². The number of ether oxygens (including phenoxy) is 1. The molecular weight excluding hydrogens is 196 g/mol. The quantitative estimate of drug-likeness (QED) is 0.640. The number of nitrogens with zero attached hydrogens (tertiary/aromatic N) is 1. The fourth-order valence-corrected chi connectivity index (χ4v) is 2.02. The minimum Gasteiger partial charge on any atom is -0.355 e. The lowest BCUT2D eigenvalue weighted by Gasteiger charge is -2.31. The molecule has 2 fully saturated rings. The number of likely N-dealkylation sites (tertiary alicyclic amines) is 1. The third-order valence-corrected chi connectivity index (χ3v) is 3.00. The number of hydrogen-bond donors (Lipinski definition) is 1. The van der Waals surface area contributed by atoms with E-state index in [4.69, 9.17) is 10.5 Å². The molecular formula is C10H16N2O3. The van der Waals surface area contributed by atoms with E-state index in [0.717, 1.165) is 0 Å². The van der Waals surface area contributed by atoms with Crippen molar-refractivity contribution >= 4 is 11.8 Å². The third-order valence-electron chi connectivity index (χ3n) is 3.00. The highest BCUT2D eigenvalue weighted by Crippen LogP contribution is 2.28. The lowest BCUT2D eigenvalue weighted by Crippen LogP contribution is -2.53. The van der Waals surface area contributed by atoms with Gasteiger partial charge in [-0.3, -0.25) is 14.5 Å². The first-order valence-electron chi connectivity index (χ1n) is 5.34. The molecule has 5 nitrogen and oxygen atoms in total. The summed E-state index contributed by atoms with van der Waals surface area (Å²) in [6, 6.07) is 0. The molecule has 0 aromatic rings. The molecule has 0 aromatic heterocycles. The summed E-state index contributed by atoms with van der Waals surface area (Å²) in [5.41, 5.74) is 5.48. The highest BCUT2D eigenvalue weighted by molar-refractivity contribution is 6.02. The van der Waals surface area contributed by atoms with E-state index < -0.39 is 12.2 Å². The Bertz CT molecular complexity index is 270. The molecule has 3 atom stereocenters. The van der Waals surface area contributed by atoms with E-state index in [-0.39, 0.29) is 17.7 Å². The number of hydrogen-bond acceptors (Lipinski definition) is 4. The molecule has 2 N–H and O–H groups in total. The molecule has 2 aliphatic heterocycles. The lowest BCUT2D eigenvalue weighted by molar-refractivity contribution is -0.169. The van der Waals surface area contributed by atoms with Crippen molar-refractivity contribution in [1.82, 2.24) is 4.90 Å². The number of morpholine rings is 1. The Morgan fingerprint density at radius 3 is 2.40 bits per heavy atom. The third kappa shape index (κ3) is 1.77. The van der Waals surface area contributed by atoms with Crippen LogP contribution in [0.15, 0.2) is 0 Å². The molecule has 0 aromatic carbocycles.